The number of alkyl halides is 3. The number of rotatable bonds is 11. The molecule has 0 radical (unpaired) electrons. The number of carbonyl (C=O) groups excluding carboxylic acids is 2. The monoisotopic (exact) mass is 613 g/mol. The van der Waals surface area contributed by atoms with Crippen molar-refractivity contribution in [3.05, 3.63) is 61.5 Å². The summed E-state index contributed by atoms with van der Waals surface area (Å²) in [5.74, 6) is -5.72. The normalized spacial score (nSPS) is 12.2. The summed E-state index contributed by atoms with van der Waals surface area (Å²) in [6.45, 7) is 0.728. The van der Waals surface area contributed by atoms with E-state index >= 15 is 0 Å². The van der Waals surface area contributed by atoms with Crippen LogP contribution in [0.3, 0.4) is 0 Å². The standard InChI is InChI=1S/C19H19ClF3N7O9S/c1-9(15(31)26-6-7-38-27-18(24)25)13-5-4-12(16(32)29(13)39-17(33)19(21,22)23)28-40(36,37)10-2-3-11(20)14(8-10)30(34)35/h2-5,8-9,28H,6-7H2,1H3,(H,26,31)(H4,24,25,27). The molecule has 0 spiro atoms. The molecule has 6 N–H and O–H groups in total. The number of carbonyl (C=O) groups is 2. The van der Waals surface area contributed by atoms with Crippen LogP contribution in [0.4, 0.5) is 24.5 Å². The molecule has 1 aromatic carbocycles. The highest BCUT2D eigenvalue weighted by molar-refractivity contribution is 7.92. The van der Waals surface area contributed by atoms with Gasteiger partial charge in [-0.05, 0) is 31.2 Å². The number of nitrogens with two attached hydrogens (primary N) is 1. The number of sulfonamides is 1. The predicted octanol–water partition coefficient (Wildman–Crippen LogP) is 0.363. The van der Waals surface area contributed by atoms with Crippen LogP contribution in [0.1, 0.15) is 18.5 Å². The zero-order valence-electron chi connectivity index (χ0n) is 19.9. The molecule has 1 heterocycles. The van der Waals surface area contributed by atoms with Crippen LogP contribution in [0.5, 0.6) is 0 Å². The van der Waals surface area contributed by atoms with Crippen molar-refractivity contribution >= 4 is 50.8 Å². The molecule has 1 aromatic heterocycles. The van der Waals surface area contributed by atoms with Crippen LogP contribution >= 0.6 is 11.6 Å². The van der Waals surface area contributed by atoms with Gasteiger partial charge in [0.25, 0.3) is 15.7 Å². The molecule has 21 heteroatoms. The third-order valence-electron chi connectivity index (χ3n) is 4.67. The molecular formula is C19H19ClF3N7O9S. The first kappa shape index (κ1) is 31.8. The van der Waals surface area contributed by atoms with Gasteiger partial charge in [0.1, 0.15) is 10.7 Å². The van der Waals surface area contributed by atoms with E-state index in [2.05, 4.69) is 10.2 Å². The zero-order chi connectivity index (χ0) is 30.4. The van der Waals surface area contributed by atoms with Crippen molar-refractivity contribution in [3.8, 4) is 0 Å². The summed E-state index contributed by atoms with van der Waals surface area (Å²) in [7, 11) is -4.77. The second-order valence-electron chi connectivity index (χ2n) is 7.50. The van der Waals surface area contributed by atoms with Crippen molar-refractivity contribution in [2.45, 2.75) is 23.9 Å². The fraction of sp³-hybridized carbons (Fsp3) is 0.263. The van der Waals surface area contributed by atoms with Crippen LogP contribution < -0.4 is 31.6 Å². The van der Waals surface area contributed by atoms with Crippen molar-refractivity contribution in [1.29, 1.82) is 5.41 Å². The first-order valence-electron chi connectivity index (χ1n) is 10.5. The molecule has 1 atom stereocenters. The average molecular weight is 614 g/mol. The summed E-state index contributed by atoms with van der Waals surface area (Å²) in [6, 6.07) is 3.94. The van der Waals surface area contributed by atoms with Gasteiger partial charge in [-0.25, -0.2) is 18.7 Å². The summed E-state index contributed by atoms with van der Waals surface area (Å²) in [6.07, 6.45) is -5.58. The maximum atomic E-state index is 13.0. The molecule has 1 amide bonds. The molecule has 2 rings (SSSR count). The Kier molecular flexibility index (Phi) is 10.0. The number of pyridine rings is 1. The molecule has 16 nitrogen and oxygen atoms in total. The predicted molar refractivity (Wildman–Crippen MR) is 130 cm³/mol. The minimum Gasteiger partial charge on any atom is -0.368 e. The van der Waals surface area contributed by atoms with Crippen molar-refractivity contribution in [3.63, 3.8) is 0 Å². The summed E-state index contributed by atoms with van der Waals surface area (Å²) in [5, 5.41) is 19.9. The molecule has 0 saturated heterocycles. The van der Waals surface area contributed by atoms with E-state index in [0.29, 0.717) is 6.07 Å². The lowest BCUT2D eigenvalue weighted by molar-refractivity contribution is -0.384. The van der Waals surface area contributed by atoms with E-state index in [0.717, 1.165) is 31.2 Å². The molecule has 0 saturated carbocycles. The summed E-state index contributed by atoms with van der Waals surface area (Å²) in [5.41, 5.74) is 3.03. The number of hydrogen-bond acceptors (Lipinski definition) is 10. The van der Waals surface area contributed by atoms with Gasteiger partial charge in [-0.2, -0.15) is 13.2 Å². The lowest BCUT2D eigenvalue weighted by Crippen LogP contribution is -2.42. The van der Waals surface area contributed by atoms with E-state index in [9.17, 15) is 46.1 Å². The van der Waals surface area contributed by atoms with E-state index in [4.69, 9.17) is 27.6 Å². The van der Waals surface area contributed by atoms with Gasteiger partial charge in [-0.3, -0.25) is 34.7 Å². The van der Waals surface area contributed by atoms with Crippen LogP contribution in [-0.2, 0) is 24.4 Å². The number of hydrogen-bond donors (Lipinski definition) is 5. The number of halogens is 4. The molecule has 2 aromatic rings. The smallest absolute Gasteiger partial charge is 0.368 e. The van der Waals surface area contributed by atoms with Gasteiger partial charge in [-0.15, -0.1) is 4.73 Å². The third kappa shape index (κ3) is 8.04. The fourth-order valence-electron chi connectivity index (χ4n) is 2.81. The van der Waals surface area contributed by atoms with Gasteiger partial charge in [0.05, 0.1) is 28.0 Å². The van der Waals surface area contributed by atoms with Crippen LogP contribution in [0.2, 0.25) is 5.02 Å². The highest BCUT2D eigenvalue weighted by Crippen LogP contribution is 2.28. The van der Waals surface area contributed by atoms with Gasteiger partial charge < -0.3 is 15.9 Å². The molecular weight excluding hydrogens is 595 g/mol. The maximum absolute atomic E-state index is 13.0. The van der Waals surface area contributed by atoms with Gasteiger partial charge in [-0.1, -0.05) is 11.6 Å². The molecule has 40 heavy (non-hydrogen) atoms. The molecule has 0 aliphatic heterocycles. The van der Waals surface area contributed by atoms with Crippen LogP contribution in [-0.4, -0.2) is 55.2 Å². The fourth-order valence-corrected chi connectivity index (χ4v) is 4.07. The molecule has 218 valence electrons. The number of amides is 1. The lowest BCUT2D eigenvalue weighted by Gasteiger charge is -2.19. The molecule has 1 unspecified atom stereocenters. The van der Waals surface area contributed by atoms with E-state index in [1.54, 1.807) is 4.72 Å². The van der Waals surface area contributed by atoms with Crippen molar-refractivity contribution in [2.75, 3.05) is 17.9 Å². The molecule has 0 aliphatic carbocycles. The first-order chi connectivity index (χ1) is 18.5. The van der Waals surface area contributed by atoms with Crippen LogP contribution in [0.15, 0.2) is 40.0 Å². The Hall–Kier alpha value is -4.43. The van der Waals surface area contributed by atoms with Crippen LogP contribution in [0, 0.1) is 15.5 Å². The van der Waals surface area contributed by atoms with Crippen LogP contribution in [0.25, 0.3) is 0 Å². The maximum Gasteiger partial charge on any atom is 0.493 e. The zero-order valence-corrected chi connectivity index (χ0v) is 21.5. The Bertz CT molecular complexity index is 1500. The van der Waals surface area contributed by atoms with Crippen molar-refractivity contribution in [1.82, 2.24) is 15.5 Å². The number of anilines is 1. The average Bonchev–Trinajstić information content (AvgIpc) is 2.84. The summed E-state index contributed by atoms with van der Waals surface area (Å²) < 4.78 is 65.7. The number of benzene rings is 1. The number of aromatic nitrogens is 1. The highest BCUT2D eigenvalue weighted by atomic mass is 35.5. The van der Waals surface area contributed by atoms with E-state index in [1.165, 1.54) is 0 Å². The number of nitro benzene ring substituents is 1. The van der Waals surface area contributed by atoms with Gasteiger partial charge in [0.2, 0.25) is 11.9 Å². The Morgan fingerprint density at radius 2 is 1.93 bits per heavy atom. The van der Waals surface area contributed by atoms with Gasteiger partial charge in [0.15, 0.2) is 0 Å². The Labute approximate surface area is 226 Å². The quantitative estimate of drug-likeness (QED) is 0.0762. The second-order valence-corrected chi connectivity index (χ2v) is 9.59. The van der Waals surface area contributed by atoms with E-state index in [-0.39, 0.29) is 17.9 Å². The number of nitro groups is 1. The Morgan fingerprint density at radius 1 is 1.27 bits per heavy atom. The molecule has 0 bridgehead atoms. The minimum atomic E-state index is -5.58. The number of guanidine groups is 1. The van der Waals surface area contributed by atoms with Crippen molar-refractivity contribution < 1.29 is 45.8 Å². The summed E-state index contributed by atoms with van der Waals surface area (Å²) >= 11 is 5.66. The third-order valence-corrected chi connectivity index (χ3v) is 6.35. The second kappa shape index (κ2) is 12.6. The van der Waals surface area contributed by atoms with E-state index < -0.39 is 77.4 Å². The number of nitrogens with zero attached hydrogens (tertiary/aromatic N) is 2. The SMILES string of the molecule is CC(C(=O)NCCONC(=N)N)c1ccc(NS(=O)(=O)c2ccc(Cl)c([N+](=O)[O-])c2)c(=O)n1OC(=O)C(F)(F)F. The Morgan fingerprint density at radius 3 is 2.50 bits per heavy atom. The lowest BCUT2D eigenvalue weighted by atomic mass is 10.1. The van der Waals surface area contributed by atoms with Crippen molar-refractivity contribution in [2.24, 2.45) is 5.73 Å². The number of nitrogens with one attached hydrogen (secondary N) is 4. The molecule has 0 aliphatic rings. The van der Waals surface area contributed by atoms with Gasteiger partial charge >= 0.3 is 17.7 Å². The topological polar surface area (TPSA) is 238 Å². The first-order valence-corrected chi connectivity index (χ1v) is 12.3. The van der Waals surface area contributed by atoms with E-state index in [1.807, 2.05) is 5.48 Å². The number of hydroxylamine groups is 1. The van der Waals surface area contributed by atoms with Gasteiger partial charge in [0, 0.05) is 12.6 Å². The minimum absolute atomic E-state index is 0.193. The highest BCUT2D eigenvalue weighted by Gasteiger charge is 2.43. The molecule has 0 fully saturated rings. The Balaban J connectivity index is 2.44. The largest absolute Gasteiger partial charge is 0.493 e. The summed E-state index contributed by atoms with van der Waals surface area (Å²) in [4.78, 5) is 55.2.